The second kappa shape index (κ2) is 6.05. The summed E-state index contributed by atoms with van der Waals surface area (Å²) < 4.78 is 37.8. The number of alkyl halides is 3. The Morgan fingerprint density at radius 1 is 1.36 bits per heavy atom. The van der Waals surface area contributed by atoms with E-state index < -0.39 is 11.9 Å². The number of pyridine rings is 1. The molecule has 0 aromatic carbocycles. The maximum Gasteiger partial charge on any atom is 0.435 e. The number of halogens is 3. The van der Waals surface area contributed by atoms with Crippen molar-refractivity contribution in [1.82, 2.24) is 25.4 Å². The molecular weight excluding hydrogens is 295 g/mol. The third kappa shape index (κ3) is 3.28. The lowest BCUT2D eigenvalue weighted by atomic mass is 10.1. The van der Waals surface area contributed by atoms with Crippen LogP contribution in [0.4, 0.5) is 13.2 Å². The number of rotatable bonds is 3. The van der Waals surface area contributed by atoms with E-state index in [0.29, 0.717) is 12.2 Å². The molecule has 1 atom stereocenters. The number of nitrogens with one attached hydrogen (secondary N) is 2. The lowest BCUT2D eigenvalue weighted by molar-refractivity contribution is -0.141. The Labute approximate surface area is 125 Å². The van der Waals surface area contributed by atoms with E-state index in [0.717, 1.165) is 31.3 Å². The van der Waals surface area contributed by atoms with Crippen molar-refractivity contribution in [2.75, 3.05) is 19.6 Å². The minimum atomic E-state index is -4.42. The fourth-order valence-electron chi connectivity index (χ4n) is 2.64. The number of hydrogen-bond acceptors (Lipinski definition) is 4. The van der Waals surface area contributed by atoms with E-state index in [4.69, 9.17) is 0 Å². The molecule has 2 aromatic rings. The molecule has 2 aromatic heterocycles. The molecule has 0 bridgehead atoms. The number of aromatic amines is 1. The highest BCUT2D eigenvalue weighted by molar-refractivity contribution is 5.17. The van der Waals surface area contributed by atoms with Gasteiger partial charge in [-0.2, -0.15) is 18.3 Å². The zero-order chi connectivity index (χ0) is 15.6. The number of nitrogens with zero attached hydrogens (tertiary/aromatic N) is 3. The van der Waals surface area contributed by atoms with Crippen molar-refractivity contribution in [1.29, 1.82) is 0 Å². The molecule has 1 aliphatic heterocycles. The van der Waals surface area contributed by atoms with Gasteiger partial charge in [0.15, 0.2) is 5.69 Å². The van der Waals surface area contributed by atoms with Gasteiger partial charge in [0.25, 0.3) is 0 Å². The van der Waals surface area contributed by atoms with Gasteiger partial charge in [0, 0.05) is 50.3 Å². The van der Waals surface area contributed by atoms with Gasteiger partial charge in [-0.1, -0.05) is 6.07 Å². The minimum Gasteiger partial charge on any atom is -0.314 e. The predicted octanol–water partition coefficient (Wildman–Crippen LogP) is 1.97. The van der Waals surface area contributed by atoms with Crippen LogP contribution < -0.4 is 5.32 Å². The molecule has 5 nitrogen and oxygen atoms in total. The summed E-state index contributed by atoms with van der Waals surface area (Å²) >= 11 is 0. The van der Waals surface area contributed by atoms with Crippen LogP contribution in [0.25, 0.3) is 0 Å². The van der Waals surface area contributed by atoms with Crippen molar-refractivity contribution in [3.05, 3.63) is 47.5 Å². The maximum atomic E-state index is 12.6. The molecule has 3 rings (SSSR count). The van der Waals surface area contributed by atoms with Gasteiger partial charge >= 0.3 is 6.18 Å². The van der Waals surface area contributed by atoms with Gasteiger partial charge in [-0.05, 0) is 17.7 Å². The molecule has 118 valence electrons. The average Bonchev–Trinajstić information content (AvgIpc) is 2.97. The van der Waals surface area contributed by atoms with Crippen LogP contribution >= 0.6 is 0 Å². The number of hydrogen-bond donors (Lipinski definition) is 2. The molecule has 0 saturated carbocycles. The molecule has 1 fully saturated rings. The molecule has 3 heterocycles. The predicted molar refractivity (Wildman–Crippen MR) is 73.8 cm³/mol. The van der Waals surface area contributed by atoms with Crippen LogP contribution in [0.2, 0.25) is 0 Å². The lowest BCUT2D eigenvalue weighted by Gasteiger charge is -2.35. The third-order valence-electron chi connectivity index (χ3n) is 3.72. The maximum absolute atomic E-state index is 12.6. The Morgan fingerprint density at radius 3 is 2.91 bits per heavy atom. The summed E-state index contributed by atoms with van der Waals surface area (Å²) in [5.41, 5.74) is 0.629. The molecular formula is C14H16F3N5. The molecule has 22 heavy (non-hydrogen) atoms. The molecule has 1 aliphatic rings. The first-order valence-corrected chi connectivity index (χ1v) is 7.00. The van der Waals surface area contributed by atoms with Gasteiger partial charge < -0.3 is 5.32 Å². The smallest absolute Gasteiger partial charge is 0.314 e. The zero-order valence-corrected chi connectivity index (χ0v) is 11.8. The fourth-order valence-corrected chi connectivity index (χ4v) is 2.64. The first-order valence-electron chi connectivity index (χ1n) is 7.00. The van der Waals surface area contributed by atoms with E-state index in [1.807, 2.05) is 12.1 Å². The van der Waals surface area contributed by atoms with Crippen LogP contribution in [-0.2, 0) is 12.7 Å². The van der Waals surface area contributed by atoms with Crippen molar-refractivity contribution < 1.29 is 13.2 Å². The Bertz CT molecular complexity index is 610. The average molecular weight is 311 g/mol. The van der Waals surface area contributed by atoms with E-state index in [2.05, 4.69) is 25.4 Å². The summed E-state index contributed by atoms with van der Waals surface area (Å²) in [5, 5.41) is 9.13. The standard InChI is InChI=1S/C14H16F3N5/c15-14(16,17)13-6-11(20-21-13)9-22-5-4-19-8-12(22)10-2-1-3-18-7-10/h1-3,6-7,12,19H,4-5,8-9H2,(H,20,21). The second-order valence-electron chi connectivity index (χ2n) is 5.25. The second-order valence-corrected chi connectivity index (χ2v) is 5.25. The molecule has 8 heteroatoms. The van der Waals surface area contributed by atoms with Gasteiger partial charge in [-0.3, -0.25) is 15.0 Å². The first-order chi connectivity index (χ1) is 10.5. The van der Waals surface area contributed by atoms with Gasteiger partial charge in [-0.25, -0.2) is 0 Å². The van der Waals surface area contributed by atoms with E-state index in [1.54, 1.807) is 12.4 Å². The van der Waals surface area contributed by atoms with Crippen molar-refractivity contribution in [2.45, 2.75) is 18.8 Å². The van der Waals surface area contributed by atoms with Crippen molar-refractivity contribution in [3.63, 3.8) is 0 Å². The topological polar surface area (TPSA) is 56.8 Å². The van der Waals surface area contributed by atoms with Gasteiger partial charge in [0.2, 0.25) is 0 Å². The summed E-state index contributed by atoms with van der Waals surface area (Å²) in [6, 6.07) is 4.99. The minimum absolute atomic E-state index is 0.0834. The SMILES string of the molecule is FC(F)(F)c1cc(CN2CCNCC2c2cccnc2)[nH]n1. The highest BCUT2D eigenvalue weighted by Gasteiger charge is 2.34. The van der Waals surface area contributed by atoms with E-state index in [1.165, 1.54) is 0 Å². The summed E-state index contributed by atoms with van der Waals surface area (Å²) in [6.07, 6.45) is -0.922. The Balaban J connectivity index is 1.76. The largest absolute Gasteiger partial charge is 0.435 e. The summed E-state index contributed by atoms with van der Waals surface area (Å²) in [6.45, 7) is 2.69. The molecule has 0 spiro atoms. The molecule has 0 radical (unpaired) electrons. The molecule has 1 saturated heterocycles. The van der Waals surface area contributed by atoms with E-state index >= 15 is 0 Å². The van der Waals surface area contributed by atoms with E-state index in [9.17, 15) is 13.2 Å². The van der Waals surface area contributed by atoms with Crippen LogP contribution in [0.1, 0.15) is 23.0 Å². The Morgan fingerprint density at radius 2 is 2.23 bits per heavy atom. The Kier molecular flexibility index (Phi) is 4.12. The van der Waals surface area contributed by atoms with Crippen molar-refractivity contribution in [3.8, 4) is 0 Å². The zero-order valence-electron chi connectivity index (χ0n) is 11.8. The fraction of sp³-hybridized carbons (Fsp3) is 0.429. The summed E-state index contributed by atoms with van der Waals surface area (Å²) in [5.74, 6) is 0. The van der Waals surface area contributed by atoms with Crippen LogP contribution in [0.3, 0.4) is 0 Å². The molecule has 0 amide bonds. The van der Waals surface area contributed by atoms with Gasteiger partial charge in [0.1, 0.15) is 0 Å². The normalized spacial score (nSPS) is 20.2. The van der Waals surface area contributed by atoms with Crippen LogP contribution in [0, 0.1) is 0 Å². The van der Waals surface area contributed by atoms with Crippen molar-refractivity contribution >= 4 is 0 Å². The van der Waals surface area contributed by atoms with Crippen molar-refractivity contribution in [2.24, 2.45) is 0 Å². The lowest BCUT2D eigenvalue weighted by Crippen LogP contribution is -2.45. The van der Waals surface area contributed by atoms with Gasteiger partial charge in [-0.15, -0.1) is 0 Å². The number of aromatic nitrogens is 3. The molecule has 0 aliphatic carbocycles. The van der Waals surface area contributed by atoms with E-state index in [-0.39, 0.29) is 6.04 Å². The summed E-state index contributed by atoms with van der Waals surface area (Å²) in [7, 11) is 0. The van der Waals surface area contributed by atoms with Crippen LogP contribution in [-0.4, -0.2) is 39.7 Å². The number of piperazine rings is 1. The molecule has 2 N–H and O–H groups in total. The Hall–Kier alpha value is -1.93. The summed E-state index contributed by atoms with van der Waals surface area (Å²) in [4.78, 5) is 6.24. The highest BCUT2D eigenvalue weighted by Crippen LogP contribution is 2.29. The third-order valence-corrected chi connectivity index (χ3v) is 3.72. The van der Waals surface area contributed by atoms with Gasteiger partial charge in [0.05, 0.1) is 0 Å². The molecule has 1 unspecified atom stereocenters. The number of H-pyrrole nitrogens is 1. The monoisotopic (exact) mass is 311 g/mol. The van der Waals surface area contributed by atoms with Crippen LogP contribution in [0.15, 0.2) is 30.6 Å². The van der Waals surface area contributed by atoms with Crippen LogP contribution in [0.5, 0.6) is 0 Å². The highest BCUT2D eigenvalue weighted by atomic mass is 19.4. The first kappa shape index (κ1) is 15.0. The quantitative estimate of drug-likeness (QED) is 0.910.